The molecule has 0 aliphatic rings. The Morgan fingerprint density at radius 1 is 0.862 bits per heavy atom. The van der Waals surface area contributed by atoms with Crippen molar-refractivity contribution in [2.24, 2.45) is 0 Å². The molecule has 0 bridgehead atoms. The summed E-state index contributed by atoms with van der Waals surface area (Å²) in [4.78, 5) is 27.9. The third kappa shape index (κ3) is 4.11. The van der Waals surface area contributed by atoms with Gasteiger partial charge in [0, 0.05) is 23.0 Å². The fraction of sp³-hybridized carbons (Fsp3) is 0.0435. The molecule has 6 nitrogen and oxygen atoms in total. The number of rotatable bonds is 5. The number of aromatic amines is 1. The van der Waals surface area contributed by atoms with Gasteiger partial charge in [-0.15, -0.1) is 0 Å². The maximum atomic E-state index is 12.4. The highest BCUT2D eigenvalue weighted by molar-refractivity contribution is 6.05. The van der Waals surface area contributed by atoms with Crippen molar-refractivity contribution >= 4 is 34.1 Å². The molecule has 0 fully saturated rings. The standard InChI is InChI=1S/C23H20N4O2/c24-18-6-2-4-8-20(18)27-22(28)16-11-9-15(10-12-16)14-25-23(29)21-13-17-5-1-3-7-19(17)26-21/h1-13,26H,14,24H2,(H,25,29)(H,27,28). The number of aromatic nitrogens is 1. The second kappa shape index (κ2) is 7.90. The molecule has 0 spiro atoms. The van der Waals surface area contributed by atoms with Crippen LogP contribution in [0.15, 0.2) is 78.9 Å². The average Bonchev–Trinajstić information content (AvgIpc) is 3.18. The minimum atomic E-state index is -0.239. The fourth-order valence-electron chi connectivity index (χ4n) is 3.05. The van der Waals surface area contributed by atoms with Gasteiger partial charge in [0.15, 0.2) is 0 Å². The van der Waals surface area contributed by atoms with Gasteiger partial charge < -0.3 is 21.4 Å². The van der Waals surface area contributed by atoms with Crippen molar-refractivity contribution in [1.82, 2.24) is 10.3 Å². The number of hydrogen-bond donors (Lipinski definition) is 4. The molecule has 0 aliphatic heterocycles. The molecule has 1 heterocycles. The molecule has 2 amide bonds. The number of nitrogen functional groups attached to an aromatic ring is 1. The number of carbonyl (C=O) groups is 2. The van der Waals surface area contributed by atoms with E-state index < -0.39 is 0 Å². The number of anilines is 2. The Hall–Kier alpha value is -4.06. The normalized spacial score (nSPS) is 10.6. The monoisotopic (exact) mass is 384 g/mol. The second-order valence-electron chi connectivity index (χ2n) is 6.69. The van der Waals surface area contributed by atoms with Gasteiger partial charge in [-0.1, -0.05) is 42.5 Å². The average molecular weight is 384 g/mol. The predicted octanol–water partition coefficient (Wildman–Crippen LogP) is 3.93. The van der Waals surface area contributed by atoms with Gasteiger partial charge in [0.05, 0.1) is 11.4 Å². The van der Waals surface area contributed by atoms with Gasteiger partial charge in [-0.2, -0.15) is 0 Å². The zero-order valence-corrected chi connectivity index (χ0v) is 15.6. The molecule has 3 aromatic carbocycles. The topological polar surface area (TPSA) is 100 Å². The van der Waals surface area contributed by atoms with Crippen molar-refractivity contribution in [3.63, 3.8) is 0 Å². The minimum Gasteiger partial charge on any atom is -0.397 e. The van der Waals surface area contributed by atoms with Crippen LogP contribution >= 0.6 is 0 Å². The summed E-state index contributed by atoms with van der Waals surface area (Å²) in [6, 6.07) is 23.7. The van der Waals surface area contributed by atoms with E-state index in [9.17, 15) is 9.59 Å². The highest BCUT2D eigenvalue weighted by Gasteiger charge is 2.10. The Kier molecular flexibility index (Phi) is 4.99. The summed E-state index contributed by atoms with van der Waals surface area (Å²) in [7, 11) is 0. The van der Waals surface area contributed by atoms with Crippen LogP contribution in [0.1, 0.15) is 26.4 Å². The van der Waals surface area contributed by atoms with Crippen LogP contribution in [0.3, 0.4) is 0 Å². The zero-order chi connectivity index (χ0) is 20.2. The summed E-state index contributed by atoms with van der Waals surface area (Å²) in [6.07, 6.45) is 0. The van der Waals surface area contributed by atoms with Crippen LogP contribution < -0.4 is 16.4 Å². The maximum absolute atomic E-state index is 12.4. The quantitative estimate of drug-likeness (QED) is 0.392. The molecule has 0 unspecified atom stereocenters. The summed E-state index contributed by atoms with van der Waals surface area (Å²) >= 11 is 0. The van der Waals surface area contributed by atoms with Gasteiger partial charge in [0.2, 0.25) is 0 Å². The predicted molar refractivity (Wildman–Crippen MR) is 115 cm³/mol. The Morgan fingerprint density at radius 3 is 2.34 bits per heavy atom. The zero-order valence-electron chi connectivity index (χ0n) is 15.6. The molecule has 1 aromatic heterocycles. The Labute approximate surface area is 167 Å². The van der Waals surface area contributed by atoms with Crippen LogP contribution in [0, 0.1) is 0 Å². The van der Waals surface area contributed by atoms with Gasteiger partial charge in [-0.3, -0.25) is 9.59 Å². The maximum Gasteiger partial charge on any atom is 0.267 e. The first-order valence-electron chi connectivity index (χ1n) is 9.21. The smallest absolute Gasteiger partial charge is 0.267 e. The summed E-state index contributed by atoms with van der Waals surface area (Å²) < 4.78 is 0. The Morgan fingerprint density at radius 2 is 1.59 bits per heavy atom. The number of benzene rings is 3. The molecular formula is C23H20N4O2. The molecule has 0 aliphatic carbocycles. The van der Waals surface area contributed by atoms with E-state index in [4.69, 9.17) is 5.73 Å². The van der Waals surface area contributed by atoms with Crippen molar-refractivity contribution < 1.29 is 9.59 Å². The number of para-hydroxylation sites is 3. The van der Waals surface area contributed by atoms with Crippen LogP contribution in [-0.2, 0) is 6.54 Å². The van der Waals surface area contributed by atoms with Gasteiger partial charge in [0.25, 0.3) is 11.8 Å². The molecule has 4 rings (SSSR count). The van der Waals surface area contributed by atoms with E-state index in [1.165, 1.54) is 0 Å². The van der Waals surface area contributed by atoms with Crippen molar-refractivity contribution in [3.05, 3.63) is 95.7 Å². The summed E-state index contributed by atoms with van der Waals surface area (Å²) in [6.45, 7) is 0.363. The van der Waals surface area contributed by atoms with Crippen molar-refractivity contribution in [3.8, 4) is 0 Å². The molecule has 0 radical (unpaired) electrons. The van der Waals surface area contributed by atoms with Crippen molar-refractivity contribution in [2.45, 2.75) is 6.54 Å². The highest BCUT2D eigenvalue weighted by Crippen LogP contribution is 2.18. The van der Waals surface area contributed by atoms with Gasteiger partial charge >= 0.3 is 0 Å². The molecule has 0 saturated heterocycles. The number of hydrogen-bond acceptors (Lipinski definition) is 3. The van der Waals surface area contributed by atoms with Crippen LogP contribution in [0.4, 0.5) is 11.4 Å². The van der Waals surface area contributed by atoms with Crippen LogP contribution in [0.5, 0.6) is 0 Å². The number of fused-ring (bicyclic) bond motifs is 1. The van der Waals surface area contributed by atoms with E-state index >= 15 is 0 Å². The molecule has 29 heavy (non-hydrogen) atoms. The highest BCUT2D eigenvalue weighted by atomic mass is 16.2. The van der Waals surface area contributed by atoms with E-state index in [2.05, 4.69) is 15.6 Å². The van der Waals surface area contributed by atoms with Crippen molar-refractivity contribution in [1.29, 1.82) is 0 Å². The van der Waals surface area contributed by atoms with E-state index in [-0.39, 0.29) is 11.8 Å². The first-order chi connectivity index (χ1) is 14.1. The van der Waals surface area contributed by atoms with Crippen LogP contribution in [-0.4, -0.2) is 16.8 Å². The van der Waals surface area contributed by atoms with Crippen LogP contribution in [0.25, 0.3) is 10.9 Å². The second-order valence-corrected chi connectivity index (χ2v) is 6.69. The molecule has 144 valence electrons. The molecule has 0 atom stereocenters. The Bertz CT molecular complexity index is 1150. The van der Waals surface area contributed by atoms with Gasteiger partial charge in [-0.05, 0) is 42.0 Å². The van der Waals surface area contributed by atoms with Gasteiger partial charge in [0.1, 0.15) is 5.69 Å². The number of nitrogens with one attached hydrogen (secondary N) is 3. The van der Waals surface area contributed by atoms with E-state index in [1.54, 1.807) is 24.3 Å². The number of amides is 2. The van der Waals surface area contributed by atoms with Gasteiger partial charge in [-0.25, -0.2) is 0 Å². The SMILES string of the molecule is Nc1ccccc1NC(=O)c1ccc(CNC(=O)c2cc3ccccc3[nH]2)cc1. The van der Waals surface area contributed by atoms with E-state index in [0.29, 0.717) is 29.2 Å². The number of nitrogens with two attached hydrogens (primary N) is 1. The lowest BCUT2D eigenvalue weighted by molar-refractivity contribution is 0.0945. The fourth-order valence-corrected chi connectivity index (χ4v) is 3.05. The lowest BCUT2D eigenvalue weighted by Crippen LogP contribution is -2.23. The van der Waals surface area contributed by atoms with Crippen molar-refractivity contribution in [2.75, 3.05) is 11.1 Å². The molecule has 0 saturated carbocycles. The first-order valence-corrected chi connectivity index (χ1v) is 9.21. The molecule has 6 heteroatoms. The third-order valence-electron chi connectivity index (χ3n) is 4.65. The molecule has 5 N–H and O–H groups in total. The van der Waals surface area contributed by atoms with Crippen LogP contribution in [0.2, 0.25) is 0 Å². The summed E-state index contributed by atoms with van der Waals surface area (Å²) in [5, 5.41) is 6.67. The Balaban J connectivity index is 1.37. The molecule has 4 aromatic rings. The number of H-pyrrole nitrogens is 1. The lowest BCUT2D eigenvalue weighted by Gasteiger charge is -2.09. The summed E-state index contributed by atoms with van der Waals surface area (Å²) in [5.74, 6) is -0.417. The first kappa shape index (κ1) is 18.3. The third-order valence-corrected chi connectivity index (χ3v) is 4.65. The van der Waals surface area contributed by atoms with E-state index in [0.717, 1.165) is 16.5 Å². The summed E-state index contributed by atoms with van der Waals surface area (Å²) in [5.41, 5.74) is 9.79. The largest absolute Gasteiger partial charge is 0.397 e. The number of carbonyl (C=O) groups excluding carboxylic acids is 2. The lowest BCUT2D eigenvalue weighted by atomic mass is 10.1. The van der Waals surface area contributed by atoms with E-state index in [1.807, 2.05) is 54.6 Å². The minimum absolute atomic E-state index is 0.178. The molecular weight excluding hydrogens is 364 g/mol.